The minimum atomic E-state index is -0.308. The Morgan fingerprint density at radius 1 is 0.706 bits per heavy atom. The van der Waals surface area contributed by atoms with Gasteiger partial charge in [-0.2, -0.15) is 0 Å². The predicted octanol–water partition coefficient (Wildman–Crippen LogP) is 9.60. The third-order valence-corrected chi connectivity index (χ3v) is 15.3. The van der Waals surface area contributed by atoms with Crippen LogP contribution in [0.25, 0.3) is 0 Å². The van der Waals surface area contributed by atoms with Crippen LogP contribution >= 0.6 is 15.8 Å². The molecule has 0 heterocycles. The quantitative estimate of drug-likeness (QED) is 0.273. The van der Waals surface area contributed by atoms with Crippen LogP contribution in [0.3, 0.4) is 0 Å². The molecule has 4 rings (SSSR count). The Morgan fingerprint density at radius 3 is 1.62 bits per heavy atom. The molecule has 186 valence electrons. The normalized spacial score (nSPS) is 20.0. The van der Waals surface area contributed by atoms with E-state index in [1.807, 2.05) is 0 Å². The van der Waals surface area contributed by atoms with Gasteiger partial charge in [0.05, 0.1) is 0 Å². The highest BCUT2D eigenvalue weighted by Gasteiger charge is 2.36. The van der Waals surface area contributed by atoms with E-state index in [1.54, 1.807) is 10.6 Å². The van der Waals surface area contributed by atoms with Gasteiger partial charge < -0.3 is 0 Å². The maximum absolute atomic E-state index is 2.71. The van der Waals surface area contributed by atoms with Crippen LogP contribution in [0.5, 0.6) is 0 Å². The molecular weight excluding hydrogens is 446 g/mol. The van der Waals surface area contributed by atoms with E-state index in [0.717, 1.165) is 22.6 Å². The van der Waals surface area contributed by atoms with Gasteiger partial charge in [0.2, 0.25) is 0 Å². The van der Waals surface area contributed by atoms with Gasteiger partial charge in [-0.15, -0.1) is 0 Å². The topological polar surface area (TPSA) is 0 Å². The highest BCUT2D eigenvalue weighted by atomic mass is 31.1. The van der Waals surface area contributed by atoms with Gasteiger partial charge in [0.25, 0.3) is 0 Å². The first-order valence-electron chi connectivity index (χ1n) is 14.4. The maximum Gasteiger partial charge on any atom is -0.0123 e. The van der Waals surface area contributed by atoms with Crippen LogP contribution in [-0.4, -0.2) is 22.6 Å². The van der Waals surface area contributed by atoms with Gasteiger partial charge in [0.15, 0.2) is 0 Å². The fourth-order valence-corrected chi connectivity index (χ4v) is 14.6. The van der Waals surface area contributed by atoms with Gasteiger partial charge in [-0.3, -0.25) is 0 Å². The average Bonchev–Trinajstić information content (AvgIpc) is 2.90. The smallest absolute Gasteiger partial charge is 0.0123 e. The standard InChI is InChI=1S/C32H48P2/c1-3-4-17-32(34(30-22-13-7-14-23-30)31-24-15-8-16-25-31)26-27(2)33(28-18-9-5-10-19-28)29-20-11-6-12-21-29/h7-8,13-16,22-25,27-29,32H,3-6,9-12,17-21,26H2,1-2H3/t27?,32-/m0/s1. The van der Waals surface area contributed by atoms with Crippen molar-refractivity contribution in [1.82, 2.24) is 0 Å². The molecular formula is C32H48P2. The van der Waals surface area contributed by atoms with Crippen molar-refractivity contribution >= 4 is 26.5 Å². The average molecular weight is 495 g/mol. The third-order valence-electron chi connectivity index (χ3n) is 8.44. The van der Waals surface area contributed by atoms with E-state index in [2.05, 4.69) is 74.5 Å². The summed E-state index contributed by atoms with van der Waals surface area (Å²) in [6.45, 7) is 5.09. The second kappa shape index (κ2) is 14.1. The minimum Gasteiger partial charge on any atom is -0.0974 e. The molecule has 0 saturated heterocycles. The summed E-state index contributed by atoms with van der Waals surface area (Å²) in [5.74, 6) is 0. The predicted molar refractivity (Wildman–Crippen MR) is 157 cm³/mol. The van der Waals surface area contributed by atoms with E-state index in [-0.39, 0.29) is 15.8 Å². The second-order valence-electron chi connectivity index (χ2n) is 11.0. The lowest BCUT2D eigenvalue weighted by atomic mass is 9.99. The lowest BCUT2D eigenvalue weighted by Crippen LogP contribution is -2.29. The van der Waals surface area contributed by atoms with E-state index >= 15 is 0 Å². The van der Waals surface area contributed by atoms with Crippen molar-refractivity contribution in [3.63, 3.8) is 0 Å². The molecule has 0 nitrogen and oxygen atoms in total. The van der Waals surface area contributed by atoms with Crippen LogP contribution in [0.2, 0.25) is 0 Å². The fraction of sp³-hybridized carbons (Fsp3) is 0.625. The molecule has 0 radical (unpaired) electrons. The summed E-state index contributed by atoms with van der Waals surface area (Å²) < 4.78 is 0. The molecule has 0 bridgehead atoms. The van der Waals surface area contributed by atoms with E-state index in [1.165, 1.54) is 89.9 Å². The molecule has 2 saturated carbocycles. The molecule has 2 aliphatic rings. The van der Waals surface area contributed by atoms with Gasteiger partial charge in [0, 0.05) is 0 Å². The molecule has 2 aromatic carbocycles. The van der Waals surface area contributed by atoms with Gasteiger partial charge in [-0.25, -0.2) is 0 Å². The number of hydrogen-bond donors (Lipinski definition) is 0. The summed E-state index contributed by atoms with van der Waals surface area (Å²) >= 11 is 0. The molecule has 0 N–H and O–H groups in total. The molecule has 2 fully saturated rings. The summed E-state index contributed by atoms with van der Waals surface area (Å²) in [4.78, 5) is 0. The number of benzene rings is 2. The van der Waals surface area contributed by atoms with Crippen molar-refractivity contribution in [2.24, 2.45) is 0 Å². The summed E-state index contributed by atoms with van der Waals surface area (Å²) in [5.41, 5.74) is 3.86. The zero-order valence-electron chi connectivity index (χ0n) is 21.9. The van der Waals surface area contributed by atoms with Gasteiger partial charge in [-0.1, -0.05) is 134 Å². The minimum absolute atomic E-state index is 0.142. The molecule has 2 aliphatic carbocycles. The van der Waals surface area contributed by atoms with Crippen molar-refractivity contribution in [3.05, 3.63) is 60.7 Å². The largest absolute Gasteiger partial charge is 0.0974 e. The van der Waals surface area contributed by atoms with E-state index in [0.29, 0.717) is 0 Å². The van der Waals surface area contributed by atoms with Gasteiger partial charge in [-0.05, 0) is 79.7 Å². The van der Waals surface area contributed by atoms with Gasteiger partial charge in [0.1, 0.15) is 0 Å². The Balaban J connectivity index is 1.61. The summed E-state index contributed by atoms with van der Waals surface area (Å²) in [6, 6.07) is 23.2. The van der Waals surface area contributed by atoms with E-state index in [4.69, 9.17) is 0 Å². The Bertz CT molecular complexity index is 735. The van der Waals surface area contributed by atoms with Crippen LogP contribution < -0.4 is 10.6 Å². The van der Waals surface area contributed by atoms with Crippen molar-refractivity contribution in [1.29, 1.82) is 0 Å². The lowest BCUT2D eigenvalue weighted by molar-refractivity contribution is 0.479. The first-order chi connectivity index (χ1) is 16.8. The van der Waals surface area contributed by atoms with Crippen molar-refractivity contribution < 1.29 is 0 Å². The molecule has 0 aliphatic heterocycles. The summed E-state index contributed by atoms with van der Waals surface area (Å²) in [7, 11) is -0.166. The second-order valence-corrected chi connectivity index (χ2v) is 16.7. The third kappa shape index (κ3) is 7.17. The number of unbranched alkanes of at least 4 members (excludes halogenated alkanes) is 1. The summed E-state index contributed by atoms with van der Waals surface area (Å²) in [5, 5.41) is 3.19. The highest BCUT2D eigenvalue weighted by molar-refractivity contribution is 7.73. The lowest BCUT2D eigenvalue weighted by Gasteiger charge is -2.43. The van der Waals surface area contributed by atoms with Crippen LogP contribution in [0.15, 0.2) is 60.7 Å². The monoisotopic (exact) mass is 494 g/mol. The maximum atomic E-state index is 2.71. The van der Waals surface area contributed by atoms with Crippen LogP contribution in [0.4, 0.5) is 0 Å². The SMILES string of the molecule is CCCC[C@@H](CC(C)P(C1CCCCC1)C1CCCCC1)P(c1ccccc1)c1ccccc1. The van der Waals surface area contributed by atoms with Crippen LogP contribution in [0.1, 0.15) is 104 Å². The zero-order chi connectivity index (χ0) is 23.6. The Hall–Kier alpha value is -0.700. The molecule has 1 unspecified atom stereocenters. The zero-order valence-corrected chi connectivity index (χ0v) is 23.7. The fourth-order valence-electron chi connectivity index (χ4n) is 6.83. The Kier molecular flexibility index (Phi) is 11.0. The molecule has 0 spiro atoms. The molecule has 2 atom stereocenters. The Morgan fingerprint density at radius 2 is 1.18 bits per heavy atom. The first-order valence-corrected chi connectivity index (χ1v) is 17.4. The molecule has 0 amide bonds. The van der Waals surface area contributed by atoms with E-state index < -0.39 is 0 Å². The number of rotatable bonds is 11. The van der Waals surface area contributed by atoms with Crippen molar-refractivity contribution in [2.75, 3.05) is 0 Å². The van der Waals surface area contributed by atoms with Crippen molar-refractivity contribution in [2.45, 2.75) is 126 Å². The molecule has 34 heavy (non-hydrogen) atoms. The number of hydrogen-bond acceptors (Lipinski definition) is 0. The van der Waals surface area contributed by atoms with Gasteiger partial charge >= 0.3 is 0 Å². The molecule has 2 heteroatoms. The van der Waals surface area contributed by atoms with Crippen molar-refractivity contribution in [3.8, 4) is 0 Å². The highest BCUT2D eigenvalue weighted by Crippen LogP contribution is 2.61. The Labute approximate surface area is 213 Å². The summed E-state index contributed by atoms with van der Waals surface area (Å²) in [6.07, 6.45) is 20.7. The first kappa shape index (κ1) is 26.4. The molecule has 2 aromatic rings. The van der Waals surface area contributed by atoms with Crippen LogP contribution in [-0.2, 0) is 0 Å². The van der Waals surface area contributed by atoms with E-state index in [9.17, 15) is 0 Å². The van der Waals surface area contributed by atoms with Crippen LogP contribution in [0, 0.1) is 0 Å². The molecule has 0 aromatic heterocycles.